The Bertz CT molecular complexity index is 443. The lowest BCUT2D eigenvalue weighted by Gasteiger charge is -2.31. The van der Waals surface area contributed by atoms with Gasteiger partial charge in [0, 0.05) is 17.1 Å². The highest BCUT2D eigenvalue weighted by Crippen LogP contribution is 2.29. The minimum Gasteiger partial charge on any atom is -0.311 e. The summed E-state index contributed by atoms with van der Waals surface area (Å²) in [5, 5.41) is 4.78. The van der Waals surface area contributed by atoms with Crippen molar-refractivity contribution in [2.45, 2.75) is 64.0 Å². The fourth-order valence-electron chi connectivity index (χ4n) is 3.85. The Balaban J connectivity index is 1.58. The second kappa shape index (κ2) is 5.85. The number of halogens is 1. The highest BCUT2D eigenvalue weighted by molar-refractivity contribution is 6.30. The van der Waals surface area contributed by atoms with E-state index in [0.717, 1.165) is 23.4 Å². The molecule has 1 N–H and O–H groups in total. The number of hydrogen-bond donors (Lipinski definition) is 1. The van der Waals surface area contributed by atoms with Gasteiger partial charge in [-0.2, -0.15) is 0 Å². The van der Waals surface area contributed by atoms with Crippen LogP contribution in [0.3, 0.4) is 0 Å². The molecule has 0 saturated heterocycles. The van der Waals surface area contributed by atoms with Crippen LogP contribution in [-0.4, -0.2) is 12.1 Å². The monoisotopic (exact) mass is 277 g/mol. The predicted octanol–water partition coefficient (Wildman–Crippen LogP) is 4.37. The Labute approximate surface area is 121 Å². The van der Waals surface area contributed by atoms with Crippen LogP contribution in [-0.2, 0) is 12.8 Å². The van der Waals surface area contributed by atoms with E-state index in [1.807, 2.05) is 6.07 Å². The second-order valence-electron chi connectivity index (χ2n) is 6.32. The second-order valence-corrected chi connectivity index (χ2v) is 6.76. The van der Waals surface area contributed by atoms with Crippen molar-refractivity contribution in [3.63, 3.8) is 0 Å². The number of rotatable bonds is 3. The molecule has 2 aliphatic rings. The summed E-state index contributed by atoms with van der Waals surface area (Å²) in [5.74, 6) is 0.949. The molecule has 1 aromatic carbocycles. The zero-order chi connectivity index (χ0) is 13.2. The summed E-state index contributed by atoms with van der Waals surface area (Å²) in [7, 11) is 0. The first-order valence-electron chi connectivity index (χ1n) is 7.78. The van der Waals surface area contributed by atoms with E-state index in [2.05, 4.69) is 24.4 Å². The van der Waals surface area contributed by atoms with Crippen LogP contribution in [0.2, 0.25) is 5.02 Å². The number of hydrogen-bond acceptors (Lipinski definition) is 1. The van der Waals surface area contributed by atoms with Crippen molar-refractivity contribution in [1.29, 1.82) is 0 Å². The lowest BCUT2D eigenvalue weighted by Crippen LogP contribution is -2.41. The fourth-order valence-corrected chi connectivity index (χ4v) is 4.05. The molecule has 19 heavy (non-hydrogen) atoms. The van der Waals surface area contributed by atoms with Gasteiger partial charge in [0.25, 0.3) is 0 Å². The number of benzene rings is 1. The Morgan fingerprint density at radius 3 is 2.84 bits per heavy atom. The maximum Gasteiger partial charge on any atom is 0.0408 e. The van der Waals surface area contributed by atoms with Crippen molar-refractivity contribution in [3.8, 4) is 0 Å². The summed E-state index contributed by atoms with van der Waals surface area (Å²) in [4.78, 5) is 0. The molecule has 0 radical (unpaired) electrons. The molecule has 104 valence electrons. The quantitative estimate of drug-likeness (QED) is 0.865. The van der Waals surface area contributed by atoms with Crippen LogP contribution < -0.4 is 5.32 Å². The van der Waals surface area contributed by atoms with E-state index in [4.69, 9.17) is 11.6 Å². The highest BCUT2D eigenvalue weighted by atomic mass is 35.5. The van der Waals surface area contributed by atoms with Gasteiger partial charge in [-0.3, -0.25) is 0 Å². The van der Waals surface area contributed by atoms with Crippen LogP contribution in [0.15, 0.2) is 18.2 Å². The molecule has 2 aliphatic carbocycles. The third-order valence-electron chi connectivity index (χ3n) is 4.93. The van der Waals surface area contributed by atoms with E-state index >= 15 is 0 Å². The van der Waals surface area contributed by atoms with Gasteiger partial charge >= 0.3 is 0 Å². The molecule has 3 rings (SSSR count). The van der Waals surface area contributed by atoms with Crippen molar-refractivity contribution in [2.75, 3.05) is 0 Å². The predicted molar refractivity (Wildman–Crippen MR) is 81.8 cm³/mol. The molecular weight excluding hydrogens is 254 g/mol. The molecular formula is C17H24ClN. The summed E-state index contributed by atoms with van der Waals surface area (Å²) in [5.41, 5.74) is 2.94. The largest absolute Gasteiger partial charge is 0.311 e. The highest BCUT2D eigenvalue weighted by Gasteiger charge is 2.26. The summed E-state index contributed by atoms with van der Waals surface area (Å²) in [6, 6.07) is 7.75. The van der Waals surface area contributed by atoms with Gasteiger partial charge in [-0.15, -0.1) is 0 Å². The van der Waals surface area contributed by atoms with Crippen molar-refractivity contribution in [2.24, 2.45) is 5.92 Å². The maximum absolute atomic E-state index is 6.08. The molecule has 1 fully saturated rings. The van der Waals surface area contributed by atoms with Gasteiger partial charge in [0.15, 0.2) is 0 Å². The topological polar surface area (TPSA) is 12.0 Å². The van der Waals surface area contributed by atoms with Crippen molar-refractivity contribution >= 4 is 11.6 Å². The van der Waals surface area contributed by atoms with Crippen LogP contribution in [0.5, 0.6) is 0 Å². The van der Waals surface area contributed by atoms with E-state index < -0.39 is 0 Å². The van der Waals surface area contributed by atoms with Gasteiger partial charge in [-0.05, 0) is 54.9 Å². The Morgan fingerprint density at radius 2 is 2.00 bits per heavy atom. The van der Waals surface area contributed by atoms with E-state index in [9.17, 15) is 0 Å². The van der Waals surface area contributed by atoms with E-state index in [1.165, 1.54) is 49.7 Å². The van der Waals surface area contributed by atoms with E-state index in [-0.39, 0.29) is 0 Å². The van der Waals surface area contributed by atoms with Crippen molar-refractivity contribution < 1.29 is 0 Å². The standard InChI is InChI=1S/C17H24ClN/c1-2-12-4-3-5-16(8-12)19-17-10-13-6-7-15(18)9-14(13)11-17/h6-7,9,12,16-17,19H,2-5,8,10-11H2,1H3. The van der Waals surface area contributed by atoms with E-state index in [1.54, 1.807) is 0 Å². The zero-order valence-corrected chi connectivity index (χ0v) is 12.5. The van der Waals surface area contributed by atoms with E-state index in [0.29, 0.717) is 6.04 Å². The third-order valence-corrected chi connectivity index (χ3v) is 5.17. The molecule has 0 heterocycles. The Kier molecular flexibility index (Phi) is 4.14. The van der Waals surface area contributed by atoms with Crippen LogP contribution >= 0.6 is 11.6 Å². The van der Waals surface area contributed by atoms with Gasteiger partial charge in [0.1, 0.15) is 0 Å². The lowest BCUT2D eigenvalue weighted by atomic mass is 9.84. The minimum absolute atomic E-state index is 0.633. The molecule has 0 aliphatic heterocycles. The first-order chi connectivity index (χ1) is 9.24. The molecule has 3 unspecified atom stereocenters. The van der Waals surface area contributed by atoms with Gasteiger partial charge in [0.05, 0.1) is 0 Å². The van der Waals surface area contributed by atoms with Gasteiger partial charge in [-0.25, -0.2) is 0 Å². The average Bonchev–Trinajstić information content (AvgIpc) is 2.80. The zero-order valence-electron chi connectivity index (χ0n) is 11.8. The summed E-state index contributed by atoms with van der Waals surface area (Å²) in [6.45, 7) is 2.33. The molecule has 2 heteroatoms. The Hall–Kier alpha value is -0.530. The normalized spacial score (nSPS) is 30.3. The summed E-state index contributed by atoms with van der Waals surface area (Å²) >= 11 is 6.08. The van der Waals surface area contributed by atoms with Gasteiger partial charge in [-0.1, -0.05) is 43.9 Å². The fraction of sp³-hybridized carbons (Fsp3) is 0.647. The molecule has 1 nitrogen and oxygen atoms in total. The van der Waals surface area contributed by atoms with Crippen molar-refractivity contribution in [1.82, 2.24) is 5.32 Å². The first kappa shape index (κ1) is 13.5. The Morgan fingerprint density at radius 1 is 1.16 bits per heavy atom. The van der Waals surface area contributed by atoms with Crippen LogP contribution in [0.4, 0.5) is 0 Å². The molecule has 0 aromatic heterocycles. The molecule has 1 aromatic rings. The average molecular weight is 278 g/mol. The summed E-state index contributed by atoms with van der Waals surface area (Å²) < 4.78 is 0. The minimum atomic E-state index is 0.633. The maximum atomic E-state index is 6.08. The lowest BCUT2D eigenvalue weighted by molar-refractivity contribution is 0.263. The SMILES string of the molecule is CCC1CCCC(NC2Cc3ccc(Cl)cc3C2)C1. The number of nitrogens with one attached hydrogen (secondary N) is 1. The summed E-state index contributed by atoms with van der Waals surface area (Å²) in [6.07, 6.45) is 9.27. The molecule has 1 saturated carbocycles. The molecule has 0 amide bonds. The first-order valence-corrected chi connectivity index (χ1v) is 8.15. The van der Waals surface area contributed by atoms with Crippen molar-refractivity contribution in [3.05, 3.63) is 34.3 Å². The smallest absolute Gasteiger partial charge is 0.0408 e. The van der Waals surface area contributed by atoms with Crippen LogP contribution in [0, 0.1) is 5.92 Å². The molecule has 0 bridgehead atoms. The van der Waals surface area contributed by atoms with Crippen LogP contribution in [0.1, 0.15) is 50.2 Å². The van der Waals surface area contributed by atoms with Gasteiger partial charge in [0.2, 0.25) is 0 Å². The molecule has 3 atom stereocenters. The van der Waals surface area contributed by atoms with Crippen LogP contribution in [0.25, 0.3) is 0 Å². The third kappa shape index (κ3) is 3.14. The van der Waals surface area contributed by atoms with Gasteiger partial charge < -0.3 is 5.32 Å². The number of fused-ring (bicyclic) bond motifs is 1. The molecule has 0 spiro atoms.